The van der Waals surface area contributed by atoms with Crippen LogP contribution in [0.5, 0.6) is 0 Å². The normalized spacial score (nSPS) is 11.8. The van der Waals surface area contributed by atoms with E-state index in [0.717, 1.165) is 0 Å². The second kappa shape index (κ2) is 4.89. The van der Waals surface area contributed by atoms with Gasteiger partial charge in [0.2, 0.25) is 0 Å². The molecule has 1 heterocycles. The molecule has 0 amide bonds. The Kier molecular flexibility index (Phi) is 3.47. The summed E-state index contributed by atoms with van der Waals surface area (Å²) in [6.07, 6.45) is 3.07. The van der Waals surface area contributed by atoms with Crippen molar-refractivity contribution >= 4 is 20.7 Å². The van der Waals surface area contributed by atoms with Gasteiger partial charge in [0.15, 0.2) is 0 Å². The van der Waals surface area contributed by atoms with E-state index in [4.69, 9.17) is 0 Å². The van der Waals surface area contributed by atoms with Crippen LogP contribution >= 0.6 is 0 Å². The van der Waals surface area contributed by atoms with Gasteiger partial charge in [-0.25, -0.2) is 13.4 Å². The van der Waals surface area contributed by atoms with Crippen LogP contribution in [-0.4, -0.2) is 30.0 Å². The lowest BCUT2D eigenvalue weighted by molar-refractivity contribution is 0.588. The van der Waals surface area contributed by atoms with E-state index in [-0.39, 0.29) is 11.3 Å². The summed E-state index contributed by atoms with van der Waals surface area (Å²) < 4.78 is 23.5. The van der Waals surface area contributed by atoms with E-state index in [9.17, 15) is 13.2 Å². The smallest absolute Gasteiger partial charge is 0.261 e. The second-order valence-corrected chi connectivity index (χ2v) is 6.50. The highest BCUT2D eigenvalue weighted by molar-refractivity contribution is 7.90. The Morgan fingerprint density at radius 1 is 1.28 bits per heavy atom. The molecule has 0 saturated heterocycles. The molecule has 0 saturated carbocycles. The van der Waals surface area contributed by atoms with Gasteiger partial charge in [0.25, 0.3) is 5.56 Å². The fourth-order valence-electron chi connectivity index (χ4n) is 1.76. The van der Waals surface area contributed by atoms with E-state index in [1.165, 1.54) is 17.2 Å². The molecule has 1 aromatic carbocycles. The fourth-order valence-corrected chi connectivity index (χ4v) is 2.42. The molecule has 0 bridgehead atoms. The molecule has 0 spiro atoms. The van der Waals surface area contributed by atoms with Gasteiger partial charge in [0.1, 0.15) is 9.84 Å². The predicted octanol–water partition coefficient (Wildman–Crippen LogP) is 0.831. The van der Waals surface area contributed by atoms with E-state index in [1.807, 2.05) is 6.07 Å². The van der Waals surface area contributed by atoms with Gasteiger partial charge in [0.05, 0.1) is 23.0 Å². The van der Waals surface area contributed by atoms with Gasteiger partial charge in [-0.05, 0) is 18.6 Å². The first-order valence-corrected chi connectivity index (χ1v) is 7.65. The van der Waals surface area contributed by atoms with Crippen molar-refractivity contribution in [2.24, 2.45) is 0 Å². The Bertz CT molecular complexity index is 719. The second-order valence-electron chi connectivity index (χ2n) is 4.24. The van der Waals surface area contributed by atoms with Crippen molar-refractivity contribution in [2.75, 3.05) is 12.0 Å². The first kappa shape index (κ1) is 12.8. The molecule has 0 unspecified atom stereocenters. The molecule has 1 aromatic heterocycles. The summed E-state index contributed by atoms with van der Waals surface area (Å²) in [5, 5.41) is 0.555. The van der Waals surface area contributed by atoms with Gasteiger partial charge < -0.3 is 0 Å². The van der Waals surface area contributed by atoms with Crippen LogP contribution in [0.3, 0.4) is 0 Å². The number of para-hydroxylation sites is 1. The number of hydrogen-bond donors (Lipinski definition) is 0. The van der Waals surface area contributed by atoms with Crippen LogP contribution in [0.1, 0.15) is 6.42 Å². The molecule has 0 aliphatic carbocycles. The third-order valence-electron chi connectivity index (χ3n) is 2.65. The fraction of sp³-hybridized carbons (Fsp3) is 0.333. The van der Waals surface area contributed by atoms with Gasteiger partial charge in [-0.1, -0.05) is 12.1 Å². The SMILES string of the molecule is CS(=O)(=O)CCCn1cnc2ccccc2c1=O. The van der Waals surface area contributed by atoms with Crippen molar-refractivity contribution in [3.05, 3.63) is 40.9 Å². The lowest BCUT2D eigenvalue weighted by Crippen LogP contribution is -2.21. The molecular weight excluding hydrogens is 252 g/mol. The summed E-state index contributed by atoms with van der Waals surface area (Å²) in [6.45, 7) is 0.365. The maximum atomic E-state index is 12.1. The van der Waals surface area contributed by atoms with E-state index < -0.39 is 9.84 Å². The van der Waals surface area contributed by atoms with E-state index in [1.54, 1.807) is 18.2 Å². The highest BCUT2D eigenvalue weighted by atomic mass is 32.2. The minimum atomic E-state index is -2.99. The van der Waals surface area contributed by atoms with Crippen LogP contribution < -0.4 is 5.56 Å². The van der Waals surface area contributed by atoms with Gasteiger partial charge in [-0.15, -0.1) is 0 Å². The molecule has 18 heavy (non-hydrogen) atoms. The highest BCUT2D eigenvalue weighted by Gasteiger charge is 2.05. The van der Waals surface area contributed by atoms with E-state index >= 15 is 0 Å². The van der Waals surface area contributed by atoms with Crippen LogP contribution in [0.15, 0.2) is 35.4 Å². The first-order valence-electron chi connectivity index (χ1n) is 5.59. The zero-order chi connectivity index (χ0) is 13.2. The zero-order valence-electron chi connectivity index (χ0n) is 10.0. The number of fused-ring (bicyclic) bond motifs is 1. The van der Waals surface area contributed by atoms with Crippen LogP contribution in [0, 0.1) is 0 Å². The quantitative estimate of drug-likeness (QED) is 0.822. The summed E-state index contributed by atoms with van der Waals surface area (Å²) >= 11 is 0. The van der Waals surface area contributed by atoms with Crippen molar-refractivity contribution < 1.29 is 8.42 Å². The van der Waals surface area contributed by atoms with Crippen molar-refractivity contribution in [2.45, 2.75) is 13.0 Å². The van der Waals surface area contributed by atoms with Crippen molar-refractivity contribution in [1.29, 1.82) is 0 Å². The van der Waals surface area contributed by atoms with E-state index in [2.05, 4.69) is 4.98 Å². The largest absolute Gasteiger partial charge is 0.299 e. The summed E-state index contributed by atoms with van der Waals surface area (Å²) in [4.78, 5) is 16.2. The monoisotopic (exact) mass is 266 g/mol. The third-order valence-corrected chi connectivity index (χ3v) is 3.68. The third kappa shape index (κ3) is 2.95. The Balaban J connectivity index is 2.25. The molecule has 6 heteroatoms. The number of aromatic nitrogens is 2. The number of rotatable bonds is 4. The number of benzene rings is 1. The Labute approximate surface area is 105 Å². The molecule has 2 aromatic rings. The number of aryl methyl sites for hydroxylation is 1. The molecule has 0 aliphatic rings. The molecule has 0 fully saturated rings. The topological polar surface area (TPSA) is 69.0 Å². The molecule has 0 radical (unpaired) electrons. The van der Waals surface area contributed by atoms with Gasteiger partial charge in [0, 0.05) is 12.8 Å². The molecule has 5 nitrogen and oxygen atoms in total. The maximum Gasteiger partial charge on any atom is 0.261 e. The minimum absolute atomic E-state index is 0.0757. The summed E-state index contributed by atoms with van der Waals surface area (Å²) in [6, 6.07) is 7.10. The minimum Gasteiger partial charge on any atom is -0.299 e. The highest BCUT2D eigenvalue weighted by Crippen LogP contribution is 2.04. The van der Waals surface area contributed by atoms with Crippen LogP contribution in [-0.2, 0) is 16.4 Å². The average molecular weight is 266 g/mol. The Morgan fingerprint density at radius 3 is 2.72 bits per heavy atom. The number of nitrogens with zero attached hydrogens (tertiary/aromatic N) is 2. The summed E-state index contributed by atoms with van der Waals surface area (Å²) in [7, 11) is -2.99. The van der Waals surface area contributed by atoms with Gasteiger partial charge in [-0.2, -0.15) is 0 Å². The molecule has 96 valence electrons. The molecule has 0 atom stereocenters. The van der Waals surface area contributed by atoms with Gasteiger partial charge in [-0.3, -0.25) is 9.36 Å². The van der Waals surface area contributed by atoms with Gasteiger partial charge >= 0.3 is 0 Å². The predicted molar refractivity (Wildman–Crippen MR) is 70.3 cm³/mol. The average Bonchev–Trinajstić information content (AvgIpc) is 2.31. The van der Waals surface area contributed by atoms with E-state index in [0.29, 0.717) is 23.9 Å². The standard InChI is InChI=1S/C12H14N2O3S/c1-18(16,17)8-4-7-14-9-13-11-6-3-2-5-10(11)12(14)15/h2-3,5-6,9H,4,7-8H2,1H3. The Hall–Kier alpha value is -1.69. The maximum absolute atomic E-state index is 12.1. The first-order chi connectivity index (χ1) is 8.47. The van der Waals surface area contributed by atoms with Crippen molar-refractivity contribution in [3.8, 4) is 0 Å². The molecule has 2 rings (SSSR count). The van der Waals surface area contributed by atoms with Crippen LogP contribution in [0.2, 0.25) is 0 Å². The lowest BCUT2D eigenvalue weighted by atomic mass is 10.2. The number of sulfone groups is 1. The number of hydrogen-bond acceptors (Lipinski definition) is 4. The lowest BCUT2D eigenvalue weighted by Gasteiger charge is -2.05. The van der Waals surface area contributed by atoms with Crippen LogP contribution in [0.25, 0.3) is 10.9 Å². The molecule has 0 N–H and O–H groups in total. The van der Waals surface area contributed by atoms with Crippen molar-refractivity contribution in [1.82, 2.24) is 9.55 Å². The summed E-state index contributed by atoms with van der Waals surface area (Å²) in [5.74, 6) is 0.0757. The molecule has 0 aliphatic heterocycles. The zero-order valence-corrected chi connectivity index (χ0v) is 10.9. The van der Waals surface area contributed by atoms with Crippen LogP contribution in [0.4, 0.5) is 0 Å². The Morgan fingerprint density at radius 2 is 2.00 bits per heavy atom. The molecular formula is C12H14N2O3S. The summed E-state index contributed by atoms with van der Waals surface area (Å²) in [5.41, 5.74) is 0.524. The van der Waals surface area contributed by atoms with Crippen molar-refractivity contribution in [3.63, 3.8) is 0 Å².